The number of carbonyl (C=O) groups excluding carboxylic acids is 1. The van der Waals surface area contributed by atoms with E-state index in [-0.39, 0.29) is 11.7 Å². The predicted octanol–water partition coefficient (Wildman–Crippen LogP) is 3.24. The van der Waals surface area contributed by atoms with Gasteiger partial charge < -0.3 is 4.74 Å². The van der Waals surface area contributed by atoms with Crippen LogP contribution in [-0.4, -0.2) is 12.4 Å². The van der Waals surface area contributed by atoms with Crippen molar-refractivity contribution in [1.82, 2.24) is 0 Å². The maximum absolute atomic E-state index is 11.7. The number of allylic oxidation sites excluding steroid dienone is 3. The highest BCUT2D eigenvalue weighted by Crippen LogP contribution is 2.31. The highest BCUT2D eigenvalue weighted by atomic mass is 16.5. The van der Waals surface area contributed by atoms with Gasteiger partial charge in [-0.25, -0.2) is 0 Å². The van der Waals surface area contributed by atoms with Crippen LogP contribution < -0.4 is 0 Å². The standard InChI is InChI=1S/C13H20O2/c1-5-6-15-13-8-11(9(2)3)7-12(14)10(13)4/h11H,2,5-8H2,1,3-4H3. The first kappa shape index (κ1) is 12.0. The quantitative estimate of drug-likeness (QED) is 0.663. The van der Waals surface area contributed by atoms with Gasteiger partial charge in [0.1, 0.15) is 5.76 Å². The topological polar surface area (TPSA) is 26.3 Å². The lowest BCUT2D eigenvalue weighted by atomic mass is 9.84. The van der Waals surface area contributed by atoms with Crippen molar-refractivity contribution in [3.8, 4) is 0 Å². The fourth-order valence-corrected chi connectivity index (χ4v) is 1.72. The van der Waals surface area contributed by atoms with Crippen molar-refractivity contribution in [2.24, 2.45) is 5.92 Å². The number of rotatable bonds is 4. The molecular formula is C13H20O2. The molecular weight excluding hydrogens is 188 g/mol. The Hall–Kier alpha value is -1.05. The third-order valence-corrected chi connectivity index (χ3v) is 2.88. The van der Waals surface area contributed by atoms with Gasteiger partial charge in [-0.05, 0) is 26.2 Å². The number of hydrogen-bond acceptors (Lipinski definition) is 2. The molecule has 1 unspecified atom stereocenters. The van der Waals surface area contributed by atoms with E-state index in [2.05, 4.69) is 13.5 Å². The van der Waals surface area contributed by atoms with Crippen LogP contribution in [0.2, 0.25) is 0 Å². The molecule has 15 heavy (non-hydrogen) atoms. The van der Waals surface area contributed by atoms with Crippen molar-refractivity contribution in [3.63, 3.8) is 0 Å². The lowest BCUT2D eigenvalue weighted by Gasteiger charge is -2.25. The summed E-state index contributed by atoms with van der Waals surface area (Å²) < 4.78 is 5.61. The van der Waals surface area contributed by atoms with Crippen molar-refractivity contribution in [2.45, 2.75) is 40.0 Å². The summed E-state index contributed by atoms with van der Waals surface area (Å²) >= 11 is 0. The van der Waals surface area contributed by atoms with Gasteiger partial charge in [0.2, 0.25) is 0 Å². The summed E-state index contributed by atoms with van der Waals surface area (Å²) in [4.78, 5) is 11.7. The molecule has 0 amide bonds. The molecule has 0 saturated carbocycles. The van der Waals surface area contributed by atoms with E-state index in [1.165, 1.54) is 0 Å². The molecule has 1 atom stereocenters. The van der Waals surface area contributed by atoms with E-state index in [0.29, 0.717) is 13.0 Å². The molecule has 0 N–H and O–H groups in total. The van der Waals surface area contributed by atoms with Crippen LogP contribution in [-0.2, 0) is 9.53 Å². The maximum atomic E-state index is 11.7. The van der Waals surface area contributed by atoms with Crippen LogP contribution in [0.1, 0.15) is 40.0 Å². The van der Waals surface area contributed by atoms with Gasteiger partial charge in [-0.3, -0.25) is 4.79 Å². The third-order valence-electron chi connectivity index (χ3n) is 2.88. The Balaban J connectivity index is 2.76. The minimum atomic E-state index is 0.209. The molecule has 0 aromatic rings. The third kappa shape index (κ3) is 2.95. The number of Topliss-reactive ketones (excluding diaryl/α,β-unsaturated/α-hetero) is 1. The van der Waals surface area contributed by atoms with E-state index in [1.54, 1.807) is 0 Å². The van der Waals surface area contributed by atoms with E-state index in [9.17, 15) is 4.79 Å². The van der Waals surface area contributed by atoms with Gasteiger partial charge in [0, 0.05) is 18.4 Å². The van der Waals surface area contributed by atoms with Crippen LogP contribution >= 0.6 is 0 Å². The minimum absolute atomic E-state index is 0.209. The van der Waals surface area contributed by atoms with Crippen LogP contribution in [0.4, 0.5) is 0 Å². The van der Waals surface area contributed by atoms with Gasteiger partial charge in [-0.1, -0.05) is 19.1 Å². The van der Waals surface area contributed by atoms with Gasteiger partial charge in [-0.2, -0.15) is 0 Å². The summed E-state index contributed by atoms with van der Waals surface area (Å²) in [5.74, 6) is 1.36. The van der Waals surface area contributed by atoms with Crippen molar-refractivity contribution in [1.29, 1.82) is 0 Å². The smallest absolute Gasteiger partial charge is 0.162 e. The SMILES string of the molecule is C=C(C)C1CC(=O)C(C)=C(OCCC)C1. The summed E-state index contributed by atoms with van der Waals surface area (Å²) in [7, 11) is 0. The van der Waals surface area contributed by atoms with Crippen LogP contribution in [0, 0.1) is 5.92 Å². The molecule has 1 aliphatic carbocycles. The Kier molecular flexibility index (Phi) is 4.13. The number of ketones is 1. The van der Waals surface area contributed by atoms with Gasteiger partial charge in [0.05, 0.1) is 6.61 Å². The molecule has 84 valence electrons. The fraction of sp³-hybridized carbons (Fsp3) is 0.615. The first-order chi connectivity index (χ1) is 7.06. The summed E-state index contributed by atoms with van der Waals surface area (Å²) in [5.41, 5.74) is 1.88. The lowest BCUT2D eigenvalue weighted by Crippen LogP contribution is -2.20. The number of ether oxygens (including phenoxy) is 1. The molecule has 1 aliphatic rings. The average Bonchev–Trinajstić information content (AvgIpc) is 2.19. The summed E-state index contributed by atoms with van der Waals surface area (Å²) in [6.07, 6.45) is 2.41. The highest BCUT2D eigenvalue weighted by molar-refractivity contribution is 5.96. The summed E-state index contributed by atoms with van der Waals surface area (Å²) in [6, 6.07) is 0. The molecule has 0 saturated heterocycles. The van der Waals surface area contributed by atoms with Crippen LogP contribution in [0.15, 0.2) is 23.5 Å². The van der Waals surface area contributed by atoms with E-state index in [1.807, 2.05) is 13.8 Å². The van der Waals surface area contributed by atoms with E-state index in [0.717, 1.165) is 29.7 Å². The van der Waals surface area contributed by atoms with Crippen molar-refractivity contribution in [3.05, 3.63) is 23.5 Å². The molecule has 1 rings (SSSR count). The Morgan fingerprint density at radius 3 is 2.73 bits per heavy atom. The van der Waals surface area contributed by atoms with Crippen LogP contribution in [0.25, 0.3) is 0 Å². The second-order valence-corrected chi connectivity index (χ2v) is 4.27. The molecule has 0 aromatic heterocycles. The van der Waals surface area contributed by atoms with Crippen molar-refractivity contribution < 1.29 is 9.53 Å². The first-order valence-electron chi connectivity index (χ1n) is 5.57. The molecule has 2 heteroatoms. The van der Waals surface area contributed by atoms with Gasteiger partial charge >= 0.3 is 0 Å². The van der Waals surface area contributed by atoms with Crippen molar-refractivity contribution in [2.75, 3.05) is 6.61 Å². The Bertz CT molecular complexity index is 300. The highest BCUT2D eigenvalue weighted by Gasteiger charge is 2.26. The predicted molar refractivity (Wildman–Crippen MR) is 61.5 cm³/mol. The zero-order valence-corrected chi connectivity index (χ0v) is 9.93. The molecule has 2 nitrogen and oxygen atoms in total. The summed E-state index contributed by atoms with van der Waals surface area (Å²) in [6.45, 7) is 10.5. The fourth-order valence-electron chi connectivity index (χ4n) is 1.72. The average molecular weight is 208 g/mol. The van der Waals surface area contributed by atoms with Crippen LogP contribution in [0.5, 0.6) is 0 Å². The Morgan fingerprint density at radius 1 is 1.53 bits per heavy atom. The molecule has 0 spiro atoms. The van der Waals surface area contributed by atoms with Crippen molar-refractivity contribution >= 4 is 5.78 Å². The normalized spacial score (nSPS) is 21.8. The van der Waals surface area contributed by atoms with E-state index in [4.69, 9.17) is 4.74 Å². The van der Waals surface area contributed by atoms with Gasteiger partial charge in [-0.15, -0.1) is 0 Å². The van der Waals surface area contributed by atoms with Gasteiger partial charge in [0.25, 0.3) is 0 Å². The van der Waals surface area contributed by atoms with E-state index >= 15 is 0 Å². The zero-order valence-electron chi connectivity index (χ0n) is 9.93. The zero-order chi connectivity index (χ0) is 11.4. The summed E-state index contributed by atoms with van der Waals surface area (Å²) in [5, 5.41) is 0. The largest absolute Gasteiger partial charge is 0.498 e. The molecule has 0 aromatic carbocycles. The Morgan fingerprint density at radius 2 is 2.20 bits per heavy atom. The molecule has 0 radical (unpaired) electrons. The second kappa shape index (κ2) is 5.15. The first-order valence-corrected chi connectivity index (χ1v) is 5.57. The maximum Gasteiger partial charge on any atom is 0.162 e. The minimum Gasteiger partial charge on any atom is -0.498 e. The molecule has 0 bridgehead atoms. The second-order valence-electron chi connectivity index (χ2n) is 4.27. The number of carbonyl (C=O) groups is 1. The molecule has 0 fully saturated rings. The van der Waals surface area contributed by atoms with E-state index < -0.39 is 0 Å². The molecule has 0 aliphatic heterocycles. The van der Waals surface area contributed by atoms with Crippen LogP contribution in [0.3, 0.4) is 0 Å². The number of hydrogen-bond donors (Lipinski definition) is 0. The monoisotopic (exact) mass is 208 g/mol. The Labute approximate surface area is 92.0 Å². The van der Waals surface area contributed by atoms with Gasteiger partial charge in [0.15, 0.2) is 5.78 Å². The molecule has 0 heterocycles. The lowest BCUT2D eigenvalue weighted by molar-refractivity contribution is -0.117.